The van der Waals surface area contributed by atoms with Gasteiger partial charge in [-0.25, -0.2) is 8.42 Å². The van der Waals surface area contributed by atoms with Crippen molar-refractivity contribution in [2.24, 2.45) is 11.7 Å². The van der Waals surface area contributed by atoms with Gasteiger partial charge in [0.15, 0.2) is 9.84 Å². The normalized spacial score (nSPS) is 20.0. The number of nitrogens with zero attached hydrogens (tertiary/aromatic N) is 1. The number of likely N-dealkylation sites (tertiary alicyclic amines) is 1. The molecule has 1 aliphatic rings. The van der Waals surface area contributed by atoms with Crippen molar-refractivity contribution in [2.45, 2.75) is 49.2 Å². The molecule has 2 N–H and O–H groups in total. The molecule has 1 atom stereocenters. The number of hydrogen-bond donors (Lipinski definition) is 1. The van der Waals surface area contributed by atoms with Crippen LogP contribution in [0.5, 0.6) is 0 Å². The Hall–Kier alpha value is -1.40. The van der Waals surface area contributed by atoms with Gasteiger partial charge in [-0.15, -0.1) is 0 Å². The number of primary amides is 1. The highest BCUT2D eigenvalue weighted by Crippen LogP contribution is 2.29. The fraction of sp³-hybridized carbons (Fsp3) is 0.611. The number of benzene rings is 1. The first kappa shape index (κ1) is 18.9. The van der Waals surface area contributed by atoms with E-state index in [1.54, 1.807) is 38.1 Å². The number of sulfone groups is 1. The molecular formula is C18H28N2O3S. The average molecular weight is 353 g/mol. The fourth-order valence-electron chi connectivity index (χ4n) is 3.27. The van der Waals surface area contributed by atoms with Crippen LogP contribution >= 0.6 is 0 Å². The molecule has 0 aliphatic carbocycles. The molecule has 1 aromatic carbocycles. The second-order valence-electron chi connectivity index (χ2n) is 7.22. The maximum Gasteiger partial charge on any atom is 0.221 e. The largest absolute Gasteiger partial charge is 0.369 e. The van der Waals surface area contributed by atoms with Crippen molar-refractivity contribution < 1.29 is 13.2 Å². The van der Waals surface area contributed by atoms with E-state index in [0.29, 0.717) is 17.9 Å². The second kappa shape index (κ2) is 7.66. The summed E-state index contributed by atoms with van der Waals surface area (Å²) in [5.74, 6) is -0.300. The minimum atomic E-state index is -3.36. The summed E-state index contributed by atoms with van der Waals surface area (Å²) in [6.07, 6.45) is 3.20. The van der Waals surface area contributed by atoms with Crippen molar-refractivity contribution in [1.82, 2.24) is 4.90 Å². The number of rotatable bonds is 7. The van der Waals surface area contributed by atoms with Crippen LogP contribution in [0.25, 0.3) is 0 Å². The number of carbonyl (C=O) groups is 1. The Balaban J connectivity index is 1.92. The van der Waals surface area contributed by atoms with Gasteiger partial charge in [-0.1, -0.05) is 18.2 Å². The third kappa shape index (κ3) is 4.36. The van der Waals surface area contributed by atoms with Gasteiger partial charge >= 0.3 is 0 Å². The maximum absolute atomic E-state index is 12.8. The van der Waals surface area contributed by atoms with E-state index in [-0.39, 0.29) is 11.8 Å². The molecule has 1 aromatic rings. The Morgan fingerprint density at radius 1 is 1.29 bits per heavy atom. The van der Waals surface area contributed by atoms with Gasteiger partial charge in [-0.3, -0.25) is 4.79 Å². The van der Waals surface area contributed by atoms with E-state index < -0.39 is 14.6 Å². The van der Waals surface area contributed by atoms with Gasteiger partial charge < -0.3 is 10.6 Å². The van der Waals surface area contributed by atoms with E-state index in [2.05, 4.69) is 4.90 Å². The average Bonchev–Trinajstić information content (AvgIpc) is 2.55. The molecule has 0 radical (unpaired) electrons. The van der Waals surface area contributed by atoms with E-state index in [1.165, 1.54) is 0 Å². The lowest BCUT2D eigenvalue weighted by Crippen LogP contribution is -2.42. The Morgan fingerprint density at radius 3 is 2.58 bits per heavy atom. The minimum Gasteiger partial charge on any atom is -0.369 e. The van der Waals surface area contributed by atoms with Crippen LogP contribution in [0.15, 0.2) is 35.2 Å². The molecule has 5 nitrogen and oxygen atoms in total. The zero-order chi connectivity index (χ0) is 17.8. The predicted octanol–water partition coefficient (Wildman–Crippen LogP) is 2.22. The summed E-state index contributed by atoms with van der Waals surface area (Å²) >= 11 is 0. The van der Waals surface area contributed by atoms with Crippen LogP contribution in [0.4, 0.5) is 0 Å². The topological polar surface area (TPSA) is 80.5 Å². The lowest BCUT2D eigenvalue weighted by Gasteiger charge is -2.32. The molecule has 1 unspecified atom stereocenters. The third-order valence-corrected chi connectivity index (χ3v) is 7.49. The van der Waals surface area contributed by atoms with Gasteiger partial charge in [-0.2, -0.15) is 0 Å². The fourth-order valence-corrected chi connectivity index (χ4v) is 4.84. The molecule has 0 spiro atoms. The predicted molar refractivity (Wildman–Crippen MR) is 95.3 cm³/mol. The molecule has 0 aromatic heterocycles. The molecule has 2 rings (SSSR count). The van der Waals surface area contributed by atoms with Crippen molar-refractivity contribution in [3.8, 4) is 0 Å². The standard InChI is InChI=1S/C18H28N2O3S/c1-18(2,24(22,23)16-9-4-3-5-10-16)11-7-13-20-12-6-8-15(14-20)17(19)21/h3-5,9-10,15H,6-8,11-14H2,1-2H3,(H2,19,21). The van der Waals surface area contributed by atoms with Crippen LogP contribution in [0.1, 0.15) is 39.5 Å². The lowest BCUT2D eigenvalue weighted by molar-refractivity contribution is -0.123. The molecule has 1 heterocycles. The molecule has 1 aliphatic heterocycles. The van der Waals surface area contributed by atoms with Crippen molar-refractivity contribution in [3.05, 3.63) is 30.3 Å². The summed E-state index contributed by atoms with van der Waals surface area (Å²) in [6.45, 7) is 6.03. The highest BCUT2D eigenvalue weighted by atomic mass is 32.2. The molecule has 24 heavy (non-hydrogen) atoms. The Labute approximate surface area is 145 Å². The number of piperidine rings is 1. The first-order chi connectivity index (χ1) is 11.2. The second-order valence-corrected chi connectivity index (χ2v) is 9.81. The molecular weight excluding hydrogens is 324 g/mol. The monoisotopic (exact) mass is 352 g/mol. The van der Waals surface area contributed by atoms with Crippen molar-refractivity contribution >= 4 is 15.7 Å². The molecule has 0 bridgehead atoms. The zero-order valence-electron chi connectivity index (χ0n) is 14.6. The highest BCUT2D eigenvalue weighted by Gasteiger charge is 2.35. The summed E-state index contributed by atoms with van der Waals surface area (Å²) < 4.78 is 24.8. The number of hydrogen-bond acceptors (Lipinski definition) is 4. The summed E-state index contributed by atoms with van der Waals surface area (Å²) in [5, 5.41) is 0. The Morgan fingerprint density at radius 2 is 1.96 bits per heavy atom. The summed E-state index contributed by atoms with van der Waals surface area (Å²) in [7, 11) is -3.36. The Kier molecular flexibility index (Phi) is 6.04. The van der Waals surface area contributed by atoms with E-state index in [9.17, 15) is 13.2 Å². The van der Waals surface area contributed by atoms with Gasteiger partial charge in [0.25, 0.3) is 0 Å². The first-order valence-corrected chi connectivity index (χ1v) is 10.0. The van der Waals surface area contributed by atoms with Gasteiger partial charge in [0.2, 0.25) is 5.91 Å². The van der Waals surface area contributed by atoms with E-state index >= 15 is 0 Å². The van der Waals surface area contributed by atoms with Crippen molar-refractivity contribution in [1.29, 1.82) is 0 Å². The van der Waals surface area contributed by atoms with Gasteiger partial charge in [0, 0.05) is 6.54 Å². The Bertz CT molecular complexity index is 656. The summed E-state index contributed by atoms with van der Waals surface area (Å²) in [4.78, 5) is 13.9. The SMILES string of the molecule is CC(C)(CCCN1CCCC(C(N)=O)C1)S(=O)(=O)c1ccccc1. The summed E-state index contributed by atoms with van der Waals surface area (Å²) in [5.41, 5.74) is 5.40. The van der Waals surface area contributed by atoms with E-state index in [1.807, 2.05) is 6.07 Å². The maximum atomic E-state index is 12.8. The molecule has 1 saturated heterocycles. The van der Waals surface area contributed by atoms with Gasteiger partial charge in [0.1, 0.15) is 0 Å². The first-order valence-electron chi connectivity index (χ1n) is 8.55. The number of carbonyl (C=O) groups excluding carboxylic acids is 1. The van der Waals surface area contributed by atoms with Crippen molar-refractivity contribution in [3.63, 3.8) is 0 Å². The molecule has 1 fully saturated rings. The molecule has 1 amide bonds. The minimum absolute atomic E-state index is 0.0696. The van der Waals surface area contributed by atoms with Crippen molar-refractivity contribution in [2.75, 3.05) is 19.6 Å². The van der Waals surface area contributed by atoms with Crippen LogP contribution in [-0.2, 0) is 14.6 Å². The van der Waals surface area contributed by atoms with Crippen LogP contribution < -0.4 is 5.73 Å². The van der Waals surface area contributed by atoms with Crippen LogP contribution in [0.3, 0.4) is 0 Å². The zero-order valence-corrected chi connectivity index (χ0v) is 15.4. The number of nitrogens with two attached hydrogens (primary N) is 1. The van der Waals surface area contributed by atoms with Crippen LogP contribution in [-0.4, -0.2) is 43.6 Å². The number of amides is 1. The van der Waals surface area contributed by atoms with Crippen LogP contribution in [0.2, 0.25) is 0 Å². The highest BCUT2D eigenvalue weighted by molar-refractivity contribution is 7.92. The third-order valence-electron chi connectivity index (χ3n) is 4.94. The van der Waals surface area contributed by atoms with Crippen LogP contribution in [0, 0.1) is 5.92 Å². The van der Waals surface area contributed by atoms with E-state index in [4.69, 9.17) is 5.73 Å². The molecule has 0 saturated carbocycles. The summed E-state index contributed by atoms with van der Waals surface area (Å²) in [6, 6.07) is 8.62. The quantitative estimate of drug-likeness (QED) is 0.816. The smallest absolute Gasteiger partial charge is 0.221 e. The van der Waals surface area contributed by atoms with Gasteiger partial charge in [-0.05, 0) is 64.8 Å². The molecule has 6 heteroatoms. The lowest BCUT2D eigenvalue weighted by atomic mass is 9.97. The van der Waals surface area contributed by atoms with Gasteiger partial charge in [0.05, 0.1) is 15.6 Å². The van der Waals surface area contributed by atoms with E-state index in [0.717, 1.165) is 32.4 Å². The molecule has 134 valence electrons.